The van der Waals surface area contributed by atoms with Crippen LogP contribution in [-0.2, 0) is 11.2 Å². The van der Waals surface area contributed by atoms with Gasteiger partial charge in [-0.3, -0.25) is 4.79 Å². The molecule has 0 aromatic heterocycles. The highest BCUT2D eigenvalue weighted by Crippen LogP contribution is 2.34. The van der Waals surface area contributed by atoms with Gasteiger partial charge in [0.1, 0.15) is 0 Å². The Morgan fingerprint density at radius 3 is 2.19 bits per heavy atom. The number of nitrogens with zero attached hydrogens (tertiary/aromatic N) is 1. The highest BCUT2D eigenvalue weighted by atomic mass is 16.5. The molecule has 0 radical (unpaired) electrons. The summed E-state index contributed by atoms with van der Waals surface area (Å²) >= 11 is 0. The standard InChI is InChI=1S/C14H20N2O3.C7H8/c1-16-5-4-9(14(16)17)6-10-7-12(18-2)13(19-3)8-11(10)15;1-7-5-3-2-4-6-7/h7-9H,4-6,15H2,1-3H3;2-6H,1H3. The predicted molar refractivity (Wildman–Crippen MR) is 105 cm³/mol. The van der Waals surface area contributed by atoms with Gasteiger partial charge in [-0.1, -0.05) is 35.9 Å². The maximum Gasteiger partial charge on any atom is 0.225 e. The van der Waals surface area contributed by atoms with E-state index in [0.717, 1.165) is 18.5 Å². The normalized spacial score (nSPS) is 16.1. The number of methoxy groups -OCH3 is 2. The molecule has 2 aromatic rings. The molecule has 3 rings (SSSR count). The van der Waals surface area contributed by atoms with Crippen molar-refractivity contribution in [3.63, 3.8) is 0 Å². The fourth-order valence-electron chi connectivity index (χ4n) is 3.00. The number of hydrogen-bond donors (Lipinski definition) is 1. The van der Waals surface area contributed by atoms with E-state index in [2.05, 4.69) is 19.1 Å². The number of benzene rings is 2. The smallest absolute Gasteiger partial charge is 0.225 e. The van der Waals surface area contributed by atoms with Crippen molar-refractivity contribution in [2.24, 2.45) is 5.92 Å². The van der Waals surface area contributed by atoms with Gasteiger partial charge in [0.2, 0.25) is 5.91 Å². The molecule has 5 nitrogen and oxygen atoms in total. The number of carbonyl (C=O) groups excluding carboxylic acids is 1. The van der Waals surface area contributed by atoms with Crippen LogP contribution in [0.5, 0.6) is 11.5 Å². The second-order valence-electron chi connectivity index (χ2n) is 6.51. The maximum absolute atomic E-state index is 11.9. The van der Waals surface area contributed by atoms with Crippen LogP contribution in [0.3, 0.4) is 0 Å². The lowest BCUT2D eigenvalue weighted by molar-refractivity contribution is -0.129. The zero-order valence-electron chi connectivity index (χ0n) is 16.0. The van der Waals surface area contributed by atoms with E-state index < -0.39 is 0 Å². The van der Waals surface area contributed by atoms with Gasteiger partial charge in [0.25, 0.3) is 0 Å². The minimum Gasteiger partial charge on any atom is -0.493 e. The molecule has 1 heterocycles. The Morgan fingerprint density at radius 1 is 1.12 bits per heavy atom. The maximum atomic E-state index is 11.9. The van der Waals surface area contributed by atoms with Gasteiger partial charge in [-0.15, -0.1) is 0 Å². The van der Waals surface area contributed by atoms with Crippen LogP contribution in [-0.4, -0.2) is 38.6 Å². The molecule has 26 heavy (non-hydrogen) atoms. The van der Waals surface area contributed by atoms with E-state index in [0.29, 0.717) is 23.6 Å². The zero-order valence-corrected chi connectivity index (χ0v) is 16.0. The average molecular weight is 356 g/mol. The molecule has 1 fully saturated rings. The van der Waals surface area contributed by atoms with E-state index in [1.54, 1.807) is 25.2 Å². The van der Waals surface area contributed by atoms with Crippen LogP contribution in [0.15, 0.2) is 42.5 Å². The number of amides is 1. The largest absolute Gasteiger partial charge is 0.493 e. The molecule has 0 bridgehead atoms. The summed E-state index contributed by atoms with van der Waals surface area (Å²) in [6.45, 7) is 2.90. The molecule has 0 saturated carbocycles. The first-order chi connectivity index (χ1) is 12.5. The van der Waals surface area contributed by atoms with E-state index in [1.165, 1.54) is 5.56 Å². The number of likely N-dealkylation sites (tertiary alicyclic amines) is 1. The van der Waals surface area contributed by atoms with E-state index in [9.17, 15) is 4.79 Å². The Hall–Kier alpha value is -2.69. The number of ether oxygens (including phenoxy) is 2. The van der Waals surface area contributed by atoms with Crippen molar-refractivity contribution in [2.75, 3.05) is 33.5 Å². The number of nitrogens with two attached hydrogens (primary N) is 1. The molecular formula is C21H28N2O3. The van der Waals surface area contributed by atoms with E-state index >= 15 is 0 Å². The van der Waals surface area contributed by atoms with Crippen molar-refractivity contribution in [3.8, 4) is 11.5 Å². The van der Waals surface area contributed by atoms with Crippen LogP contribution >= 0.6 is 0 Å². The van der Waals surface area contributed by atoms with E-state index in [1.807, 2.05) is 31.3 Å². The van der Waals surface area contributed by atoms with E-state index in [-0.39, 0.29) is 11.8 Å². The van der Waals surface area contributed by atoms with Crippen LogP contribution in [0.1, 0.15) is 17.5 Å². The van der Waals surface area contributed by atoms with Gasteiger partial charge in [0, 0.05) is 31.3 Å². The summed E-state index contributed by atoms with van der Waals surface area (Å²) in [5.41, 5.74) is 8.92. The number of nitrogen functional groups attached to an aromatic ring is 1. The van der Waals surface area contributed by atoms with E-state index in [4.69, 9.17) is 15.2 Å². The lowest BCUT2D eigenvalue weighted by atomic mass is 9.96. The van der Waals surface area contributed by atoms with Crippen molar-refractivity contribution < 1.29 is 14.3 Å². The van der Waals surface area contributed by atoms with Crippen molar-refractivity contribution in [2.45, 2.75) is 19.8 Å². The number of anilines is 1. The third-order valence-corrected chi connectivity index (χ3v) is 4.59. The fourth-order valence-corrected chi connectivity index (χ4v) is 3.00. The lowest BCUT2D eigenvalue weighted by Crippen LogP contribution is -2.23. The molecule has 0 aliphatic carbocycles. The molecule has 140 valence electrons. The minimum atomic E-state index is 0.0189. The number of carbonyl (C=O) groups is 1. The third-order valence-electron chi connectivity index (χ3n) is 4.59. The van der Waals surface area contributed by atoms with Crippen LogP contribution in [0.25, 0.3) is 0 Å². The van der Waals surface area contributed by atoms with Crippen LogP contribution in [0.4, 0.5) is 5.69 Å². The number of aryl methyl sites for hydroxylation is 1. The third kappa shape index (κ3) is 4.91. The molecule has 1 atom stereocenters. The molecule has 2 N–H and O–H groups in total. The fraction of sp³-hybridized carbons (Fsp3) is 0.381. The summed E-state index contributed by atoms with van der Waals surface area (Å²) in [6.07, 6.45) is 1.53. The highest BCUT2D eigenvalue weighted by molar-refractivity contribution is 5.81. The molecule has 0 spiro atoms. The first kappa shape index (κ1) is 19.6. The Labute approximate surface area is 155 Å². The van der Waals surface area contributed by atoms with Gasteiger partial charge in [-0.2, -0.15) is 0 Å². The Bertz CT molecular complexity index is 732. The van der Waals surface area contributed by atoms with Gasteiger partial charge in [-0.25, -0.2) is 0 Å². The lowest BCUT2D eigenvalue weighted by Gasteiger charge is -2.15. The highest BCUT2D eigenvalue weighted by Gasteiger charge is 2.29. The first-order valence-electron chi connectivity index (χ1n) is 8.73. The van der Waals surface area contributed by atoms with Crippen LogP contribution in [0.2, 0.25) is 0 Å². The summed E-state index contributed by atoms with van der Waals surface area (Å²) in [4.78, 5) is 13.7. The van der Waals surface area contributed by atoms with Crippen LogP contribution < -0.4 is 15.2 Å². The van der Waals surface area contributed by atoms with Gasteiger partial charge in [0.15, 0.2) is 11.5 Å². The van der Waals surface area contributed by atoms with Gasteiger partial charge in [0.05, 0.1) is 14.2 Å². The quantitative estimate of drug-likeness (QED) is 0.854. The molecule has 1 aliphatic rings. The number of rotatable bonds is 4. The van der Waals surface area contributed by atoms with Crippen molar-refractivity contribution in [1.29, 1.82) is 0 Å². The summed E-state index contributed by atoms with van der Waals surface area (Å²) in [5, 5.41) is 0. The summed E-state index contributed by atoms with van der Waals surface area (Å²) < 4.78 is 10.5. The molecule has 1 amide bonds. The Morgan fingerprint density at radius 2 is 1.73 bits per heavy atom. The van der Waals surface area contributed by atoms with Gasteiger partial charge >= 0.3 is 0 Å². The van der Waals surface area contributed by atoms with Gasteiger partial charge in [-0.05, 0) is 31.4 Å². The second-order valence-corrected chi connectivity index (χ2v) is 6.51. The average Bonchev–Trinajstić information content (AvgIpc) is 2.96. The molecular weight excluding hydrogens is 328 g/mol. The summed E-state index contributed by atoms with van der Waals surface area (Å²) in [5.74, 6) is 1.46. The molecule has 1 unspecified atom stereocenters. The van der Waals surface area contributed by atoms with Gasteiger partial charge < -0.3 is 20.1 Å². The topological polar surface area (TPSA) is 64.8 Å². The Balaban J connectivity index is 0.000000290. The SMILES string of the molecule is COc1cc(N)c(CC2CCN(C)C2=O)cc1OC.Cc1ccccc1. The first-order valence-corrected chi connectivity index (χ1v) is 8.73. The minimum absolute atomic E-state index is 0.0189. The predicted octanol–water partition coefficient (Wildman–Crippen LogP) is 3.30. The molecule has 5 heteroatoms. The summed E-state index contributed by atoms with van der Waals surface area (Å²) in [7, 11) is 5.00. The van der Waals surface area contributed by atoms with Crippen molar-refractivity contribution in [3.05, 3.63) is 53.6 Å². The second kappa shape index (κ2) is 9.13. The summed E-state index contributed by atoms with van der Waals surface area (Å²) in [6, 6.07) is 13.9. The Kier molecular flexibility index (Phi) is 6.89. The van der Waals surface area contributed by atoms with Crippen molar-refractivity contribution >= 4 is 11.6 Å². The number of hydrogen-bond acceptors (Lipinski definition) is 4. The molecule has 1 saturated heterocycles. The van der Waals surface area contributed by atoms with Crippen molar-refractivity contribution in [1.82, 2.24) is 4.90 Å². The van der Waals surface area contributed by atoms with Crippen LogP contribution in [0, 0.1) is 12.8 Å². The molecule has 1 aliphatic heterocycles. The monoisotopic (exact) mass is 356 g/mol. The molecule has 2 aromatic carbocycles. The zero-order chi connectivity index (χ0) is 19.1.